The molecule has 0 amide bonds. The third-order valence-electron chi connectivity index (χ3n) is 3.21. The summed E-state index contributed by atoms with van der Waals surface area (Å²) < 4.78 is 15.2. The van der Waals surface area contributed by atoms with E-state index in [4.69, 9.17) is 25.8 Å². The number of esters is 2. The lowest BCUT2D eigenvalue weighted by molar-refractivity contribution is -0.160. The molecule has 1 aliphatic rings. The van der Waals surface area contributed by atoms with Crippen LogP contribution >= 0.6 is 11.6 Å². The Morgan fingerprint density at radius 1 is 1.50 bits per heavy atom. The van der Waals surface area contributed by atoms with E-state index in [0.717, 1.165) is 0 Å². The topological polar surface area (TPSA) is 73.9 Å². The molecular weight excluding hydrogens is 310 g/mol. The number of hydrogen-bond donors (Lipinski definition) is 1. The Morgan fingerprint density at radius 2 is 2.27 bits per heavy atom. The van der Waals surface area contributed by atoms with Gasteiger partial charge in [-0.3, -0.25) is 4.79 Å². The standard InChI is InChI=1S/C15H18ClNO5/c1-9-7-13(15(19)21-9)22-14(18)5-6-17-11-8-10(16)3-4-12(11)20-2/h3-4,8-9,13,17H,5-7H2,1-2H3/t9-,13+/m1/s1. The lowest BCUT2D eigenvalue weighted by Gasteiger charge is -2.12. The summed E-state index contributed by atoms with van der Waals surface area (Å²) in [6.07, 6.45) is -0.476. The maximum absolute atomic E-state index is 11.7. The molecule has 1 heterocycles. The van der Waals surface area contributed by atoms with Crippen LogP contribution in [0.5, 0.6) is 5.75 Å². The highest BCUT2D eigenvalue weighted by Crippen LogP contribution is 2.27. The summed E-state index contributed by atoms with van der Waals surface area (Å²) >= 11 is 5.92. The van der Waals surface area contributed by atoms with Gasteiger partial charge < -0.3 is 19.5 Å². The minimum Gasteiger partial charge on any atom is -0.495 e. The Hall–Kier alpha value is -1.95. The molecule has 1 saturated heterocycles. The Morgan fingerprint density at radius 3 is 2.91 bits per heavy atom. The van der Waals surface area contributed by atoms with Gasteiger partial charge in [0, 0.05) is 18.0 Å². The third-order valence-corrected chi connectivity index (χ3v) is 3.44. The first-order valence-corrected chi connectivity index (χ1v) is 7.34. The monoisotopic (exact) mass is 327 g/mol. The van der Waals surface area contributed by atoms with E-state index >= 15 is 0 Å². The Balaban J connectivity index is 1.80. The molecule has 22 heavy (non-hydrogen) atoms. The van der Waals surface area contributed by atoms with Gasteiger partial charge in [-0.15, -0.1) is 0 Å². The molecule has 0 unspecified atom stereocenters. The maximum atomic E-state index is 11.7. The van der Waals surface area contributed by atoms with Crippen LogP contribution in [0.25, 0.3) is 0 Å². The Labute approximate surface area is 133 Å². The fourth-order valence-corrected chi connectivity index (χ4v) is 2.32. The van der Waals surface area contributed by atoms with Crippen molar-refractivity contribution in [1.82, 2.24) is 0 Å². The lowest BCUT2D eigenvalue weighted by Crippen LogP contribution is -2.23. The first-order chi connectivity index (χ1) is 10.5. The number of carbonyl (C=O) groups excluding carboxylic acids is 2. The summed E-state index contributed by atoms with van der Waals surface area (Å²) in [6.45, 7) is 2.10. The zero-order valence-electron chi connectivity index (χ0n) is 12.4. The van der Waals surface area contributed by atoms with Gasteiger partial charge in [0.2, 0.25) is 6.10 Å². The summed E-state index contributed by atoms with van der Waals surface area (Å²) in [4.78, 5) is 23.1. The van der Waals surface area contributed by atoms with Gasteiger partial charge in [0.1, 0.15) is 11.9 Å². The molecule has 2 atom stereocenters. The molecule has 0 spiro atoms. The molecule has 1 aromatic rings. The predicted molar refractivity (Wildman–Crippen MR) is 81.2 cm³/mol. The minimum atomic E-state index is -0.789. The zero-order chi connectivity index (χ0) is 16.1. The van der Waals surface area contributed by atoms with Crippen LogP contribution in [0.4, 0.5) is 5.69 Å². The summed E-state index contributed by atoms with van der Waals surface area (Å²) in [7, 11) is 1.55. The fraction of sp³-hybridized carbons (Fsp3) is 0.467. The fourth-order valence-electron chi connectivity index (χ4n) is 2.15. The molecule has 1 N–H and O–H groups in total. The Kier molecular flexibility index (Phi) is 5.49. The van der Waals surface area contributed by atoms with Crippen LogP contribution in [0.2, 0.25) is 5.02 Å². The van der Waals surface area contributed by atoms with E-state index in [2.05, 4.69) is 5.32 Å². The van der Waals surface area contributed by atoms with Gasteiger partial charge in [-0.1, -0.05) is 11.6 Å². The van der Waals surface area contributed by atoms with Gasteiger partial charge in [0.15, 0.2) is 0 Å². The van der Waals surface area contributed by atoms with E-state index in [9.17, 15) is 9.59 Å². The minimum absolute atomic E-state index is 0.119. The molecule has 0 saturated carbocycles. The molecule has 1 aliphatic heterocycles. The molecule has 0 aromatic heterocycles. The summed E-state index contributed by atoms with van der Waals surface area (Å²) in [6, 6.07) is 5.16. The van der Waals surface area contributed by atoms with Gasteiger partial charge in [0.25, 0.3) is 0 Å². The summed E-state index contributed by atoms with van der Waals surface area (Å²) in [5, 5.41) is 3.62. The van der Waals surface area contributed by atoms with Crippen molar-refractivity contribution in [2.75, 3.05) is 19.0 Å². The molecule has 0 radical (unpaired) electrons. The number of anilines is 1. The second kappa shape index (κ2) is 7.35. The quantitative estimate of drug-likeness (QED) is 0.809. The lowest BCUT2D eigenvalue weighted by atomic mass is 10.2. The maximum Gasteiger partial charge on any atom is 0.347 e. The molecule has 7 heteroatoms. The molecule has 0 bridgehead atoms. The van der Waals surface area contributed by atoms with Crippen molar-refractivity contribution in [2.45, 2.75) is 32.0 Å². The van der Waals surface area contributed by atoms with Crippen LogP contribution in [-0.4, -0.2) is 37.8 Å². The number of nitrogens with one attached hydrogen (secondary N) is 1. The van der Waals surface area contributed by atoms with Gasteiger partial charge >= 0.3 is 11.9 Å². The number of rotatable bonds is 6. The number of benzene rings is 1. The highest BCUT2D eigenvalue weighted by molar-refractivity contribution is 6.30. The third kappa shape index (κ3) is 4.27. The van der Waals surface area contributed by atoms with Crippen LogP contribution in [0, 0.1) is 0 Å². The van der Waals surface area contributed by atoms with Crippen LogP contribution in [-0.2, 0) is 19.1 Å². The second-order valence-electron chi connectivity index (χ2n) is 4.98. The van der Waals surface area contributed by atoms with Crippen LogP contribution in [0.3, 0.4) is 0 Å². The first-order valence-electron chi connectivity index (χ1n) is 6.97. The molecule has 1 aromatic carbocycles. The van der Waals surface area contributed by atoms with Crippen molar-refractivity contribution >= 4 is 29.2 Å². The van der Waals surface area contributed by atoms with E-state index in [0.29, 0.717) is 29.4 Å². The predicted octanol–water partition coefficient (Wildman–Crippen LogP) is 2.40. The molecule has 0 aliphatic carbocycles. The number of hydrogen-bond acceptors (Lipinski definition) is 6. The molecule has 2 rings (SSSR count). The highest BCUT2D eigenvalue weighted by atomic mass is 35.5. The van der Waals surface area contributed by atoms with Crippen molar-refractivity contribution in [2.24, 2.45) is 0 Å². The summed E-state index contributed by atoms with van der Waals surface area (Å²) in [5.74, 6) is -0.305. The molecule has 6 nitrogen and oxygen atoms in total. The van der Waals surface area contributed by atoms with Gasteiger partial charge in [-0.25, -0.2) is 4.79 Å². The van der Waals surface area contributed by atoms with Gasteiger partial charge in [-0.05, 0) is 25.1 Å². The Bertz CT molecular complexity index is 563. The highest BCUT2D eigenvalue weighted by Gasteiger charge is 2.34. The SMILES string of the molecule is COc1ccc(Cl)cc1NCCC(=O)O[C@H]1C[C@@H](C)OC1=O. The first kappa shape index (κ1) is 16.4. The summed E-state index contributed by atoms with van der Waals surface area (Å²) in [5.41, 5.74) is 0.691. The van der Waals surface area contributed by atoms with E-state index < -0.39 is 18.0 Å². The molecule has 120 valence electrons. The molecule has 1 fully saturated rings. The number of cyclic esters (lactones) is 1. The normalized spacial score (nSPS) is 20.4. The second-order valence-corrected chi connectivity index (χ2v) is 5.42. The number of carbonyl (C=O) groups is 2. The van der Waals surface area contributed by atoms with Crippen molar-refractivity contribution in [3.05, 3.63) is 23.2 Å². The van der Waals surface area contributed by atoms with Gasteiger partial charge in [-0.2, -0.15) is 0 Å². The number of halogens is 1. The molecular formula is C15H18ClNO5. The van der Waals surface area contributed by atoms with E-state index in [1.54, 1.807) is 32.2 Å². The smallest absolute Gasteiger partial charge is 0.347 e. The average Bonchev–Trinajstić information content (AvgIpc) is 2.77. The van der Waals surface area contributed by atoms with E-state index in [1.807, 2.05) is 0 Å². The number of ether oxygens (including phenoxy) is 3. The van der Waals surface area contributed by atoms with Crippen molar-refractivity contribution in [3.63, 3.8) is 0 Å². The van der Waals surface area contributed by atoms with Crippen molar-refractivity contribution < 1.29 is 23.8 Å². The van der Waals surface area contributed by atoms with Crippen molar-refractivity contribution in [3.8, 4) is 5.75 Å². The van der Waals surface area contributed by atoms with Crippen LogP contribution < -0.4 is 10.1 Å². The van der Waals surface area contributed by atoms with Crippen molar-refractivity contribution in [1.29, 1.82) is 0 Å². The van der Waals surface area contributed by atoms with E-state index in [1.165, 1.54) is 0 Å². The van der Waals surface area contributed by atoms with E-state index in [-0.39, 0.29) is 12.5 Å². The van der Waals surface area contributed by atoms with Crippen LogP contribution in [0.1, 0.15) is 19.8 Å². The number of methoxy groups -OCH3 is 1. The average molecular weight is 328 g/mol. The van der Waals surface area contributed by atoms with Crippen LogP contribution in [0.15, 0.2) is 18.2 Å². The zero-order valence-corrected chi connectivity index (χ0v) is 13.2. The largest absolute Gasteiger partial charge is 0.495 e. The van der Waals surface area contributed by atoms with Gasteiger partial charge in [0.05, 0.1) is 19.2 Å².